The number of rotatable bonds is 8. The van der Waals surface area contributed by atoms with E-state index < -0.39 is 120 Å². The lowest BCUT2D eigenvalue weighted by Crippen LogP contribution is -2.55. The first kappa shape index (κ1) is 40.0. The van der Waals surface area contributed by atoms with Gasteiger partial charge in [-0.15, -0.1) is 0 Å². The first-order valence-electron chi connectivity index (χ1n) is 17.2. The Morgan fingerprint density at radius 3 is 1.75 bits per heavy atom. The van der Waals surface area contributed by atoms with E-state index in [2.05, 4.69) is 0 Å². The molecule has 0 spiro atoms. The number of phenolic OH excluding ortho intramolecular Hbond substituents is 4. The molecule has 0 aliphatic carbocycles. The minimum atomic E-state index is -1.91. The van der Waals surface area contributed by atoms with Crippen molar-refractivity contribution < 1.29 is 80.0 Å². The zero-order chi connectivity index (χ0) is 40.4. The van der Waals surface area contributed by atoms with Gasteiger partial charge in [-0.2, -0.15) is 0 Å². The van der Waals surface area contributed by atoms with Crippen LogP contribution in [0.4, 0.5) is 0 Å². The highest BCUT2D eigenvalue weighted by molar-refractivity contribution is 6.03. The number of Topliss-reactive ketones (excluding diaryl/α,β-unsaturated/α-hetero) is 1. The van der Waals surface area contributed by atoms with Crippen LogP contribution in [0, 0.1) is 20.8 Å². The van der Waals surface area contributed by atoms with E-state index in [4.69, 9.17) is 13.9 Å². The van der Waals surface area contributed by atoms with E-state index in [0.717, 1.165) is 12.1 Å². The largest absolute Gasteiger partial charge is 0.507 e. The Hall–Kier alpha value is -4.66. The molecule has 296 valence electrons. The number of ketones is 1. The maximum atomic E-state index is 14.1. The molecule has 17 heteroatoms. The zero-order valence-corrected chi connectivity index (χ0v) is 29.7. The van der Waals surface area contributed by atoms with Gasteiger partial charge in [-0.25, -0.2) is 0 Å². The normalized spacial score (nSPS) is 28.4. The van der Waals surface area contributed by atoms with Crippen LogP contribution in [0.2, 0.25) is 0 Å². The topological polar surface area (TPSA) is 308 Å². The molecule has 4 aromatic rings. The molecule has 17 nitrogen and oxygen atoms in total. The van der Waals surface area contributed by atoms with Gasteiger partial charge in [-0.05, 0) is 61.2 Å². The van der Waals surface area contributed by atoms with Gasteiger partial charge in [0.05, 0.1) is 40.9 Å². The van der Waals surface area contributed by atoms with Crippen LogP contribution in [0.1, 0.15) is 55.9 Å². The number of hydrogen-bond donors (Lipinski definition) is 12. The number of aryl methyl sites for hydroxylation is 3. The van der Waals surface area contributed by atoms with E-state index in [1.165, 1.54) is 32.0 Å². The van der Waals surface area contributed by atoms with Gasteiger partial charge < -0.3 is 75.2 Å². The fraction of sp³-hybridized carbons (Fsp3) is 0.421. The second kappa shape index (κ2) is 15.1. The highest BCUT2D eigenvalue weighted by Gasteiger charge is 2.47. The van der Waals surface area contributed by atoms with Gasteiger partial charge >= 0.3 is 0 Å². The van der Waals surface area contributed by atoms with E-state index in [0.29, 0.717) is 5.56 Å². The summed E-state index contributed by atoms with van der Waals surface area (Å²) in [6.07, 6.45) is -17.7. The molecule has 2 saturated heterocycles. The monoisotopic (exact) mass is 770 g/mol. The summed E-state index contributed by atoms with van der Waals surface area (Å²) in [4.78, 5) is 27.9. The summed E-state index contributed by atoms with van der Waals surface area (Å²) in [5.74, 6) is -3.57. The summed E-state index contributed by atoms with van der Waals surface area (Å²) in [6, 6.07) is 6.15. The van der Waals surface area contributed by atoms with Crippen LogP contribution in [0.15, 0.2) is 39.5 Å². The Morgan fingerprint density at radius 1 is 0.655 bits per heavy atom. The lowest BCUT2D eigenvalue weighted by molar-refractivity contribution is -0.232. The third kappa shape index (κ3) is 6.82. The van der Waals surface area contributed by atoms with E-state index in [1.807, 2.05) is 0 Å². The third-order valence-electron chi connectivity index (χ3n) is 10.3. The molecule has 2 fully saturated rings. The zero-order valence-electron chi connectivity index (χ0n) is 29.7. The molecule has 0 amide bonds. The van der Waals surface area contributed by atoms with Gasteiger partial charge in [0, 0.05) is 12.5 Å². The standard InChI is InChI=1S/C38H42O17/c1-12-4-15(8-19(44)24-13(2)6-17(42)27(31(24)48)37-34(51)32(49)29(46)22(10-39)54-37)26(16(41)5-12)21-9-20(45)25-14(3)7-18(43)28(36(25)53-21)38-35(52)33(50)30(47)23(11-40)55-38/h4-7,9,22-23,29-30,32-35,37-43,46-52H,8,10-11H2,1-3H3/t22-,23+,29+,30-,32-,33-,34-,35+,37+,38+/m1/s1. The van der Waals surface area contributed by atoms with Crippen LogP contribution in [0.25, 0.3) is 22.3 Å². The third-order valence-corrected chi connectivity index (χ3v) is 10.3. The summed E-state index contributed by atoms with van der Waals surface area (Å²) >= 11 is 0. The van der Waals surface area contributed by atoms with Crippen molar-refractivity contribution in [3.8, 4) is 34.3 Å². The molecular weight excluding hydrogens is 728 g/mol. The number of carbonyl (C=O) groups is 1. The quantitative estimate of drug-likeness (QED) is 0.102. The van der Waals surface area contributed by atoms with Crippen molar-refractivity contribution in [2.75, 3.05) is 13.2 Å². The smallest absolute Gasteiger partial charge is 0.193 e. The van der Waals surface area contributed by atoms with Crippen LogP contribution >= 0.6 is 0 Å². The van der Waals surface area contributed by atoms with Crippen molar-refractivity contribution in [3.63, 3.8) is 0 Å². The Balaban J connectivity index is 1.48. The van der Waals surface area contributed by atoms with Crippen LogP contribution in [0.5, 0.6) is 23.0 Å². The molecule has 2 aliphatic heterocycles. The van der Waals surface area contributed by atoms with E-state index >= 15 is 0 Å². The molecule has 2 aliphatic rings. The van der Waals surface area contributed by atoms with Crippen LogP contribution < -0.4 is 5.43 Å². The molecular formula is C38H42O17. The van der Waals surface area contributed by atoms with Gasteiger partial charge in [-0.1, -0.05) is 6.07 Å². The average molecular weight is 771 g/mol. The predicted molar refractivity (Wildman–Crippen MR) is 189 cm³/mol. The fourth-order valence-corrected chi connectivity index (χ4v) is 7.56. The number of aliphatic hydroxyl groups is 8. The Kier molecular flexibility index (Phi) is 11.0. The number of carbonyl (C=O) groups excluding carboxylic acids is 1. The van der Waals surface area contributed by atoms with Crippen LogP contribution in [-0.4, -0.2) is 129 Å². The summed E-state index contributed by atoms with van der Waals surface area (Å²) in [7, 11) is 0. The first-order valence-corrected chi connectivity index (χ1v) is 17.2. The van der Waals surface area contributed by atoms with E-state index in [9.17, 15) is 70.9 Å². The molecule has 0 radical (unpaired) electrons. The van der Waals surface area contributed by atoms with Gasteiger partial charge in [-0.3, -0.25) is 9.59 Å². The van der Waals surface area contributed by atoms with Crippen molar-refractivity contribution in [2.45, 2.75) is 88.2 Å². The van der Waals surface area contributed by atoms with Crippen molar-refractivity contribution in [1.82, 2.24) is 0 Å². The minimum absolute atomic E-state index is 0.0672. The second-order valence-electron chi connectivity index (χ2n) is 14.1. The molecule has 3 aromatic carbocycles. The molecule has 0 bridgehead atoms. The summed E-state index contributed by atoms with van der Waals surface area (Å²) in [5.41, 5.74) is -1.54. The van der Waals surface area contributed by atoms with Crippen LogP contribution in [0.3, 0.4) is 0 Å². The van der Waals surface area contributed by atoms with Gasteiger partial charge in [0.1, 0.15) is 95.4 Å². The van der Waals surface area contributed by atoms with Gasteiger partial charge in [0.2, 0.25) is 0 Å². The minimum Gasteiger partial charge on any atom is -0.507 e. The molecule has 12 N–H and O–H groups in total. The predicted octanol–water partition coefficient (Wildman–Crippen LogP) is -0.337. The number of ether oxygens (including phenoxy) is 2. The molecule has 1 aromatic heterocycles. The summed E-state index contributed by atoms with van der Waals surface area (Å²) < 4.78 is 17.4. The van der Waals surface area contributed by atoms with Crippen LogP contribution in [-0.2, 0) is 15.9 Å². The summed E-state index contributed by atoms with van der Waals surface area (Å²) in [6.45, 7) is 2.92. The molecule has 0 saturated carbocycles. The number of aromatic hydroxyl groups is 4. The molecule has 0 unspecified atom stereocenters. The maximum Gasteiger partial charge on any atom is 0.193 e. The van der Waals surface area contributed by atoms with Crippen molar-refractivity contribution in [2.24, 2.45) is 0 Å². The number of fused-ring (bicyclic) bond motifs is 1. The Labute approximate surface area is 311 Å². The molecule has 55 heavy (non-hydrogen) atoms. The van der Waals surface area contributed by atoms with E-state index in [-0.39, 0.29) is 50.1 Å². The maximum absolute atomic E-state index is 14.1. The Bertz CT molecular complexity index is 2190. The molecule has 6 rings (SSSR count). The van der Waals surface area contributed by atoms with Crippen molar-refractivity contribution >= 4 is 16.8 Å². The molecule has 3 heterocycles. The molecule has 10 atom stereocenters. The SMILES string of the molecule is Cc1cc(O)c(-c2cc(=O)c3c(C)cc(O)c([C@@H]4O[C@@H](CO)[C@@H](O)[C@@H](O)[C@@H]4O)c3o2)c(CC(=O)c2c(C)cc(O)c([C@@H]3O[C@H](CO)[C@H](O)[C@@H](O)[C@H]3O)c2O)c1. The second-order valence-corrected chi connectivity index (χ2v) is 14.1. The summed E-state index contributed by atoms with van der Waals surface area (Å²) in [5, 5.41) is 127. The van der Waals surface area contributed by atoms with Crippen molar-refractivity contribution in [1.29, 1.82) is 0 Å². The lowest BCUT2D eigenvalue weighted by Gasteiger charge is -2.40. The van der Waals surface area contributed by atoms with Crippen molar-refractivity contribution in [3.05, 3.63) is 79.5 Å². The number of aliphatic hydroxyl groups excluding tert-OH is 8. The van der Waals surface area contributed by atoms with Gasteiger partial charge in [0.25, 0.3) is 0 Å². The lowest BCUT2D eigenvalue weighted by atomic mass is 9.86. The van der Waals surface area contributed by atoms with E-state index in [1.54, 1.807) is 6.92 Å². The highest BCUT2D eigenvalue weighted by Crippen LogP contribution is 2.46. The number of benzene rings is 3. The average Bonchev–Trinajstić information content (AvgIpc) is 3.10. The first-order chi connectivity index (χ1) is 25.9. The Morgan fingerprint density at radius 2 is 1.18 bits per heavy atom. The van der Waals surface area contributed by atoms with Gasteiger partial charge in [0.15, 0.2) is 11.2 Å². The number of phenols is 4. The number of hydrogen-bond acceptors (Lipinski definition) is 17. The highest BCUT2D eigenvalue weighted by atomic mass is 16.6. The fourth-order valence-electron chi connectivity index (χ4n) is 7.56.